The minimum atomic E-state index is -1.89. The van der Waals surface area contributed by atoms with Crippen LogP contribution in [-0.4, -0.2) is 129 Å². The molecule has 0 spiro atoms. The molecule has 3 aliphatic heterocycles. The third-order valence-electron chi connectivity index (χ3n) is 9.82. The molecular weight excluding hydrogens is 641 g/mol. The number of phenols is 1. The fraction of sp³-hybridized carbons (Fsp3) is 0.441. The number of fused-ring (bicyclic) bond motifs is 2. The molecule has 0 radical (unpaired) electrons. The van der Waals surface area contributed by atoms with Crippen molar-refractivity contribution in [1.29, 1.82) is 0 Å². The summed E-state index contributed by atoms with van der Waals surface area (Å²) in [5, 5.41) is 52.1. The highest BCUT2D eigenvalue weighted by atomic mass is 19.1. The van der Waals surface area contributed by atoms with Gasteiger partial charge < -0.3 is 49.5 Å². The number of hydrogen-bond donors (Lipinski definition) is 5. The minimum Gasteiger partial charge on any atom is -0.504 e. The number of aromatic hydroxyl groups is 1. The van der Waals surface area contributed by atoms with E-state index >= 15 is 4.39 Å². The maximum atomic E-state index is 15.3. The van der Waals surface area contributed by atoms with Crippen LogP contribution in [-0.2, 0) is 9.53 Å². The molecule has 260 valence electrons. The van der Waals surface area contributed by atoms with Gasteiger partial charge in [-0.2, -0.15) is 0 Å². The van der Waals surface area contributed by atoms with Gasteiger partial charge in [0.25, 0.3) is 0 Å². The molecule has 49 heavy (non-hydrogen) atoms. The van der Waals surface area contributed by atoms with E-state index in [0.717, 1.165) is 56.3 Å². The Balaban J connectivity index is 1.07. The lowest BCUT2D eigenvalue weighted by Gasteiger charge is -2.44. The molecule has 15 heteroatoms. The fourth-order valence-electron chi connectivity index (χ4n) is 7.21. The number of rotatable bonds is 7. The number of aliphatic hydroxyl groups is 3. The van der Waals surface area contributed by atoms with Crippen molar-refractivity contribution >= 4 is 39.1 Å². The number of pyridine rings is 2. The lowest BCUT2D eigenvalue weighted by atomic mass is 9.99. The Hall–Kier alpha value is -4.54. The van der Waals surface area contributed by atoms with Gasteiger partial charge in [0.2, 0.25) is 6.29 Å². The van der Waals surface area contributed by atoms with E-state index in [1.54, 1.807) is 24.4 Å². The number of phenolic OH excluding ortho intramolecular Hbond substituents is 1. The molecule has 2 aromatic carbocycles. The lowest BCUT2D eigenvalue weighted by molar-refractivity contribution is -0.271. The van der Waals surface area contributed by atoms with Crippen LogP contribution in [0.2, 0.25) is 0 Å². The quantitative estimate of drug-likeness (QED) is 0.190. The number of hydrogen-bond acceptors (Lipinski definition) is 13. The van der Waals surface area contributed by atoms with E-state index in [1.165, 1.54) is 13.3 Å². The number of ether oxygens (including phenoxy) is 3. The van der Waals surface area contributed by atoms with Gasteiger partial charge in [-0.1, -0.05) is 0 Å². The second kappa shape index (κ2) is 13.4. The van der Waals surface area contributed by atoms with E-state index in [4.69, 9.17) is 14.2 Å². The van der Waals surface area contributed by atoms with E-state index in [-0.39, 0.29) is 22.9 Å². The number of piperazine rings is 1. The highest BCUT2D eigenvalue weighted by Gasteiger charge is 2.48. The zero-order chi connectivity index (χ0) is 34.4. The van der Waals surface area contributed by atoms with Crippen LogP contribution in [0.25, 0.3) is 21.8 Å². The molecule has 2 aromatic heterocycles. The molecule has 5 atom stereocenters. The Morgan fingerprint density at radius 3 is 2.22 bits per heavy atom. The summed E-state index contributed by atoms with van der Waals surface area (Å²) in [6, 6.07) is 10.1. The standard InChI is InChI=1S/C34H38FN5O9/c1-47-24-17-22(25-20(28(24)41)5-3-8-36-25)39-14-12-38(13-15-39)18-6-10-40(11-7-18)27-23(16-21(35)19-4-2-9-37-26(19)27)48-34-31(44)29(42)30(43)32(49-34)33(45)46/h2-5,8-9,16-18,29-32,34,41-44H,6-7,10-15H2,1H3,(H,45,46). The SMILES string of the molecule is COc1cc(N2CCN(C3CCN(c4c(OC5OC(C(=O)O)C(O)C(O)C5O)cc(F)c5cccnc45)CC3)CC2)c2ncccc2c1O. The first-order chi connectivity index (χ1) is 23.7. The van der Waals surface area contributed by atoms with Crippen molar-refractivity contribution in [2.24, 2.45) is 0 Å². The first kappa shape index (κ1) is 33.0. The zero-order valence-electron chi connectivity index (χ0n) is 26.7. The number of carboxylic acid groups (broad SMARTS) is 1. The van der Waals surface area contributed by atoms with Crippen molar-refractivity contribution in [2.75, 3.05) is 56.2 Å². The van der Waals surface area contributed by atoms with E-state index in [9.17, 15) is 30.3 Å². The van der Waals surface area contributed by atoms with Gasteiger partial charge in [0.15, 0.2) is 23.4 Å². The molecule has 5 N–H and O–H groups in total. The van der Waals surface area contributed by atoms with Crippen LogP contribution >= 0.6 is 0 Å². The van der Waals surface area contributed by atoms with Crippen molar-refractivity contribution < 1.29 is 48.9 Å². The first-order valence-corrected chi connectivity index (χ1v) is 16.2. The predicted octanol–water partition coefficient (Wildman–Crippen LogP) is 1.70. The molecule has 3 aliphatic rings. The number of carboxylic acids is 1. The fourth-order valence-corrected chi connectivity index (χ4v) is 7.21. The normalized spacial score (nSPS) is 25.5. The van der Waals surface area contributed by atoms with Gasteiger partial charge in [-0.25, -0.2) is 9.18 Å². The smallest absolute Gasteiger partial charge is 0.335 e. The van der Waals surface area contributed by atoms with Crippen molar-refractivity contribution in [3.8, 4) is 17.2 Å². The number of anilines is 2. The van der Waals surface area contributed by atoms with Crippen molar-refractivity contribution in [1.82, 2.24) is 14.9 Å². The summed E-state index contributed by atoms with van der Waals surface area (Å²) in [6.07, 6.45) is -4.29. The monoisotopic (exact) mass is 679 g/mol. The predicted molar refractivity (Wildman–Crippen MR) is 176 cm³/mol. The summed E-state index contributed by atoms with van der Waals surface area (Å²) in [6.45, 7) is 4.30. The van der Waals surface area contributed by atoms with E-state index in [1.807, 2.05) is 17.0 Å². The van der Waals surface area contributed by atoms with Gasteiger partial charge in [0.05, 0.1) is 18.3 Å². The Morgan fingerprint density at radius 2 is 1.55 bits per heavy atom. The molecule has 7 rings (SSSR count). The van der Waals surface area contributed by atoms with Gasteiger partial charge in [-0.05, 0) is 37.1 Å². The largest absolute Gasteiger partial charge is 0.504 e. The van der Waals surface area contributed by atoms with Crippen molar-refractivity contribution in [3.05, 3.63) is 54.6 Å². The molecule has 5 unspecified atom stereocenters. The van der Waals surface area contributed by atoms with Crippen LogP contribution in [0, 0.1) is 5.82 Å². The zero-order valence-corrected chi connectivity index (χ0v) is 26.7. The Labute approximate surface area is 280 Å². The molecule has 5 heterocycles. The van der Waals surface area contributed by atoms with E-state index in [2.05, 4.69) is 19.8 Å². The van der Waals surface area contributed by atoms with Gasteiger partial charge in [0, 0.05) is 80.6 Å². The molecule has 14 nitrogen and oxygen atoms in total. The third kappa shape index (κ3) is 6.01. The maximum absolute atomic E-state index is 15.3. The number of halogens is 1. The molecule has 4 aromatic rings. The van der Waals surface area contributed by atoms with Crippen molar-refractivity contribution in [3.63, 3.8) is 0 Å². The highest BCUT2D eigenvalue weighted by molar-refractivity contribution is 5.97. The average molecular weight is 680 g/mol. The molecule has 0 saturated carbocycles. The summed E-state index contributed by atoms with van der Waals surface area (Å²) in [4.78, 5) is 27.4. The minimum absolute atomic E-state index is 0.0299. The molecule has 0 aliphatic carbocycles. The first-order valence-electron chi connectivity index (χ1n) is 16.2. The number of aliphatic hydroxyl groups excluding tert-OH is 3. The lowest BCUT2D eigenvalue weighted by Crippen LogP contribution is -2.61. The van der Waals surface area contributed by atoms with Crippen LogP contribution in [0.15, 0.2) is 48.8 Å². The number of aromatic nitrogens is 2. The third-order valence-corrected chi connectivity index (χ3v) is 9.82. The summed E-state index contributed by atoms with van der Waals surface area (Å²) < 4.78 is 32.0. The summed E-state index contributed by atoms with van der Waals surface area (Å²) in [5.41, 5.74) is 2.42. The Kier molecular flexibility index (Phi) is 9.02. The summed E-state index contributed by atoms with van der Waals surface area (Å²) in [5.74, 6) is -1.74. The van der Waals surface area contributed by atoms with Crippen LogP contribution in [0.1, 0.15) is 12.8 Å². The number of carbonyl (C=O) groups is 1. The topological polar surface area (TPSA) is 181 Å². The number of benzene rings is 2. The Morgan fingerprint density at radius 1 is 0.878 bits per heavy atom. The van der Waals surface area contributed by atoms with Crippen LogP contribution < -0.4 is 19.3 Å². The van der Waals surface area contributed by atoms with Gasteiger partial charge in [-0.3, -0.25) is 14.9 Å². The van der Waals surface area contributed by atoms with Crippen LogP contribution in [0.4, 0.5) is 15.8 Å². The highest BCUT2D eigenvalue weighted by Crippen LogP contribution is 2.42. The molecule has 0 bridgehead atoms. The van der Waals surface area contributed by atoms with Gasteiger partial charge in [0.1, 0.15) is 35.3 Å². The second-order valence-corrected chi connectivity index (χ2v) is 12.5. The van der Waals surface area contributed by atoms with Crippen molar-refractivity contribution in [2.45, 2.75) is 49.6 Å². The summed E-state index contributed by atoms with van der Waals surface area (Å²) in [7, 11) is 1.53. The molecule has 3 saturated heterocycles. The second-order valence-electron chi connectivity index (χ2n) is 12.5. The van der Waals surface area contributed by atoms with Gasteiger partial charge >= 0.3 is 5.97 Å². The van der Waals surface area contributed by atoms with Crippen LogP contribution in [0.5, 0.6) is 17.2 Å². The molecule has 0 amide bonds. The number of nitrogens with zero attached hydrogens (tertiary/aromatic N) is 5. The number of methoxy groups -OCH3 is 1. The molecule has 3 fully saturated rings. The molecular formula is C34H38FN5O9. The van der Waals surface area contributed by atoms with E-state index in [0.29, 0.717) is 35.4 Å². The van der Waals surface area contributed by atoms with Crippen LogP contribution in [0.3, 0.4) is 0 Å². The Bertz CT molecular complexity index is 1850. The number of piperidine rings is 1. The van der Waals surface area contributed by atoms with E-state index < -0.39 is 42.5 Å². The number of aliphatic carboxylic acids is 1. The average Bonchev–Trinajstić information content (AvgIpc) is 3.12. The maximum Gasteiger partial charge on any atom is 0.335 e. The summed E-state index contributed by atoms with van der Waals surface area (Å²) >= 11 is 0. The van der Waals surface area contributed by atoms with Gasteiger partial charge in [-0.15, -0.1) is 0 Å².